The highest BCUT2D eigenvalue weighted by molar-refractivity contribution is 7.18. The van der Waals surface area contributed by atoms with Crippen LogP contribution in [0.1, 0.15) is 17.1 Å². The summed E-state index contributed by atoms with van der Waals surface area (Å²) in [6.07, 6.45) is 3.36. The van der Waals surface area contributed by atoms with Crippen LogP contribution in [-0.4, -0.2) is 9.97 Å². The predicted octanol–water partition coefficient (Wildman–Crippen LogP) is 4.33. The highest BCUT2D eigenvalue weighted by Crippen LogP contribution is 2.28. The predicted molar refractivity (Wildman–Crippen MR) is 84.1 cm³/mol. The molecule has 0 bridgehead atoms. The minimum atomic E-state index is 0.713. The van der Waals surface area contributed by atoms with Gasteiger partial charge in [0.25, 0.3) is 0 Å². The second-order valence-electron chi connectivity index (χ2n) is 4.21. The Labute approximate surface area is 126 Å². The van der Waals surface area contributed by atoms with Gasteiger partial charge in [0, 0.05) is 19.0 Å². The van der Waals surface area contributed by atoms with E-state index in [1.807, 2.05) is 36.4 Å². The van der Waals surface area contributed by atoms with Gasteiger partial charge in [-0.15, -0.1) is 11.3 Å². The van der Waals surface area contributed by atoms with Crippen LogP contribution in [0, 0.1) is 11.8 Å². The van der Waals surface area contributed by atoms with Gasteiger partial charge in [0.15, 0.2) is 0 Å². The Morgan fingerprint density at radius 2 is 2.10 bits per heavy atom. The molecule has 98 valence electrons. The van der Waals surface area contributed by atoms with Gasteiger partial charge in [-0.3, -0.25) is 0 Å². The Morgan fingerprint density at radius 1 is 1.15 bits per heavy atom. The van der Waals surface area contributed by atoms with Crippen molar-refractivity contribution in [2.45, 2.75) is 12.8 Å². The average molecular weight is 299 g/mol. The van der Waals surface area contributed by atoms with E-state index in [4.69, 9.17) is 11.6 Å². The van der Waals surface area contributed by atoms with Crippen molar-refractivity contribution in [2.75, 3.05) is 0 Å². The van der Waals surface area contributed by atoms with Gasteiger partial charge in [-0.25, -0.2) is 9.97 Å². The molecule has 2 aromatic heterocycles. The zero-order valence-corrected chi connectivity index (χ0v) is 12.2. The van der Waals surface area contributed by atoms with Crippen LogP contribution in [0.3, 0.4) is 0 Å². The molecule has 4 heteroatoms. The fourth-order valence-corrected chi connectivity index (χ4v) is 3.09. The number of hydrogen-bond acceptors (Lipinski definition) is 3. The molecule has 0 aliphatic rings. The largest absolute Gasteiger partial charge is 0.248 e. The summed E-state index contributed by atoms with van der Waals surface area (Å²) >= 11 is 7.80. The van der Waals surface area contributed by atoms with Crippen LogP contribution >= 0.6 is 22.9 Å². The summed E-state index contributed by atoms with van der Waals surface area (Å²) in [5.74, 6) is 6.18. The number of hydrogen-bond donors (Lipinski definition) is 0. The van der Waals surface area contributed by atoms with Crippen molar-refractivity contribution in [1.82, 2.24) is 9.97 Å². The van der Waals surface area contributed by atoms with E-state index in [1.165, 1.54) is 0 Å². The molecule has 0 N–H and O–H groups in total. The molecular formula is C16H11ClN2S. The van der Waals surface area contributed by atoms with Crippen molar-refractivity contribution in [3.8, 4) is 11.8 Å². The van der Waals surface area contributed by atoms with E-state index in [1.54, 1.807) is 17.5 Å². The first kappa shape index (κ1) is 13.1. The molecule has 0 spiro atoms. The topological polar surface area (TPSA) is 25.8 Å². The molecule has 0 unspecified atom stereocenters. The standard InChI is InChI=1S/C16H11ClN2S/c17-13-8-5-9-14-16(13)19-15(20-14)10-2-1-6-12-7-3-4-11-18-12/h3-5,7-9,11H,2,10H2. The molecule has 2 heterocycles. The number of rotatable bonds is 2. The van der Waals surface area contributed by atoms with Gasteiger partial charge in [-0.05, 0) is 30.2 Å². The quantitative estimate of drug-likeness (QED) is 0.658. The molecule has 0 aliphatic carbocycles. The molecule has 0 radical (unpaired) electrons. The maximum Gasteiger partial charge on any atom is 0.113 e. The van der Waals surface area contributed by atoms with Gasteiger partial charge in [0.2, 0.25) is 0 Å². The Balaban J connectivity index is 1.69. The van der Waals surface area contributed by atoms with E-state index in [9.17, 15) is 0 Å². The number of aryl methyl sites for hydroxylation is 1. The van der Waals surface area contributed by atoms with Gasteiger partial charge in [-0.1, -0.05) is 29.7 Å². The average Bonchev–Trinajstić information content (AvgIpc) is 2.89. The maximum absolute atomic E-state index is 6.12. The number of nitrogens with zero attached hydrogens (tertiary/aromatic N) is 2. The zero-order chi connectivity index (χ0) is 13.8. The molecule has 0 atom stereocenters. The minimum Gasteiger partial charge on any atom is -0.248 e. The Bertz CT molecular complexity index is 784. The van der Waals surface area contributed by atoms with Gasteiger partial charge in [-0.2, -0.15) is 0 Å². The first-order valence-electron chi connectivity index (χ1n) is 6.27. The monoisotopic (exact) mass is 298 g/mol. The van der Waals surface area contributed by atoms with E-state index in [2.05, 4.69) is 21.8 Å². The summed E-state index contributed by atoms with van der Waals surface area (Å²) in [7, 11) is 0. The molecule has 0 amide bonds. The van der Waals surface area contributed by atoms with E-state index >= 15 is 0 Å². The van der Waals surface area contributed by atoms with Gasteiger partial charge >= 0.3 is 0 Å². The van der Waals surface area contributed by atoms with Crippen LogP contribution in [0.25, 0.3) is 10.2 Å². The lowest BCUT2D eigenvalue weighted by Gasteiger charge is -1.89. The lowest BCUT2D eigenvalue weighted by molar-refractivity contribution is 1.01. The molecule has 3 aromatic rings. The molecular weight excluding hydrogens is 288 g/mol. The van der Waals surface area contributed by atoms with Crippen LogP contribution in [0.2, 0.25) is 5.02 Å². The smallest absolute Gasteiger partial charge is 0.113 e. The third-order valence-electron chi connectivity index (χ3n) is 2.76. The summed E-state index contributed by atoms with van der Waals surface area (Å²) < 4.78 is 1.13. The third kappa shape index (κ3) is 2.98. The summed E-state index contributed by atoms with van der Waals surface area (Å²) in [5, 5.41) is 1.79. The van der Waals surface area contributed by atoms with Crippen molar-refractivity contribution in [1.29, 1.82) is 0 Å². The number of fused-ring (bicyclic) bond motifs is 1. The first-order chi connectivity index (χ1) is 9.83. The van der Waals surface area contributed by atoms with Crippen LogP contribution < -0.4 is 0 Å². The molecule has 0 aliphatic heterocycles. The highest BCUT2D eigenvalue weighted by Gasteiger charge is 2.05. The minimum absolute atomic E-state index is 0.713. The number of aromatic nitrogens is 2. The number of benzene rings is 1. The van der Waals surface area contributed by atoms with E-state index in [0.29, 0.717) is 5.02 Å². The fourth-order valence-electron chi connectivity index (χ4n) is 1.83. The summed E-state index contributed by atoms with van der Waals surface area (Å²) in [5.41, 5.74) is 1.70. The normalized spacial score (nSPS) is 10.2. The summed E-state index contributed by atoms with van der Waals surface area (Å²) in [6.45, 7) is 0. The van der Waals surface area contributed by atoms with Crippen LogP contribution in [0.4, 0.5) is 0 Å². The highest BCUT2D eigenvalue weighted by atomic mass is 35.5. The van der Waals surface area contributed by atoms with E-state index < -0.39 is 0 Å². The second kappa shape index (κ2) is 6.04. The van der Waals surface area contributed by atoms with Crippen LogP contribution in [-0.2, 0) is 6.42 Å². The molecule has 0 fully saturated rings. The molecule has 2 nitrogen and oxygen atoms in total. The lowest BCUT2D eigenvalue weighted by atomic mass is 10.3. The number of thiazole rings is 1. The van der Waals surface area contributed by atoms with Crippen molar-refractivity contribution in [3.63, 3.8) is 0 Å². The Kier molecular flexibility index (Phi) is 3.96. The molecule has 3 rings (SSSR count). The summed E-state index contributed by atoms with van der Waals surface area (Å²) in [4.78, 5) is 8.73. The van der Waals surface area contributed by atoms with E-state index in [0.717, 1.165) is 33.8 Å². The van der Waals surface area contributed by atoms with Gasteiger partial charge in [0.05, 0.1) is 14.7 Å². The zero-order valence-electron chi connectivity index (χ0n) is 10.6. The van der Waals surface area contributed by atoms with Crippen LogP contribution in [0.5, 0.6) is 0 Å². The molecule has 0 saturated heterocycles. The number of halogens is 1. The van der Waals surface area contributed by atoms with Gasteiger partial charge in [0.1, 0.15) is 11.2 Å². The van der Waals surface area contributed by atoms with Crippen molar-refractivity contribution in [2.24, 2.45) is 0 Å². The summed E-state index contributed by atoms with van der Waals surface area (Å²) in [6, 6.07) is 11.6. The van der Waals surface area contributed by atoms with Crippen molar-refractivity contribution >= 4 is 33.2 Å². The van der Waals surface area contributed by atoms with Gasteiger partial charge < -0.3 is 0 Å². The molecule has 1 aromatic carbocycles. The Hall–Kier alpha value is -1.89. The van der Waals surface area contributed by atoms with Crippen LogP contribution in [0.15, 0.2) is 42.6 Å². The lowest BCUT2D eigenvalue weighted by Crippen LogP contribution is -1.82. The Morgan fingerprint density at radius 3 is 2.90 bits per heavy atom. The SMILES string of the molecule is Clc1cccc2sc(CCC#Cc3ccccn3)nc12. The van der Waals surface area contributed by atoms with E-state index in [-0.39, 0.29) is 0 Å². The first-order valence-corrected chi connectivity index (χ1v) is 7.46. The fraction of sp³-hybridized carbons (Fsp3) is 0.125. The number of para-hydroxylation sites is 1. The number of pyridine rings is 1. The maximum atomic E-state index is 6.12. The van der Waals surface area contributed by atoms with Crippen molar-refractivity contribution < 1.29 is 0 Å². The molecule has 20 heavy (non-hydrogen) atoms. The second-order valence-corrected chi connectivity index (χ2v) is 5.73. The third-order valence-corrected chi connectivity index (χ3v) is 4.14. The molecule has 0 saturated carbocycles. The van der Waals surface area contributed by atoms with Crippen molar-refractivity contribution in [3.05, 3.63) is 58.3 Å².